The van der Waals surface area contributed by atoms with Gasteiger partial charge in [-0.2, -0.15) is 11.8 Å². The summed E-state index contributed by atoms with van der Waals surface area (Å²) >= 11 is 1.84. The van der Waals surface area contributed by atoms with E-state index in [1.165, 1.54) is 0 Å². The van der Waals surface area contributed by atoms with E-state index >= 15 is 0 Å². The Morgan fingerprint density at radius 3 is 2.72 bits per heavy atom. The SMILES string of the molecule is CSCCCCNC(=O)CC(N)c1ccccc1. The minimum Gasteiger partial charge on any atom is -0.356 e. The summed E-state index contributed by atoms with van der Waals surface area (Å²) in [6, 6.07) is 9.53. The van der Waals surface area contributed by atoms with Crippen molar-refractivity contribution >= 4 is 17.7 Å². The van der Waals surface area contributed by atoms with Gasteiger partial charge in [-0.3, -0.25) is 4.79 Å². The van der Waals surface area contributed by atoms with Crippen LogP contribution in [-0.4, -0.2) is 24.5 Å². The van der Waals surface area contributed by atoms with E-state index in [1.54, 1.807) is 0 Å². The lowest BCUT2D eigenvalue weighted by Gasteiger charge is -2.12. The second kappa shape index (κ2) is 9.00. The zero-order chi connectivity index (χ0) is 13.2. The number of nitrogens with one attached hydrogen (secondary N) is 1. The molecule has 1 atom stereocenters. The van der Waals surface area contributed by atoms with Gasteiger partial charge in [-0.1, -0.05) is 30.3 Å². The summed E-state index contributed by atoms with van der Waals surface area (Å²) in [5, 5.41) is 2.91. The molecular weight excluding hydrogens is 244 g/mol. The van der Waals surface area contributed by atoms with Gasteiger partial charge in [0.05, 0.1) is 0 Å². The number of rotatable bonds is 8. The van der Waals surface area contributed by atoms with E-state index in [2.05, 4.69) is 11.6 Å². The molecule has 1 aromatic carbocycles. The molecule has 1 amide bonds. The minimum absolute atomic E-state index is 0.0375. The van der Waals surface area contributed by atoms with Crippen molar-refractivity contribution in [2.24, 2.45) is 5.73 Å². The molecule has 0 saturated carbocycles. The first-order valence-corrected chi connectivity index (χ1v) is 7.69. The van der Waals surface area contributed by atoms with Crippen molar-refractivity contribution in [3.05, 3.63) is 35.9 Å². The van der Waals surface area contributed by atoms with Gasteiger partial charge < -0.3 is 11.1 Å². The van der Waals surface area contributed by atoms with Crippen molar-refractivity contribution in [1.29, 1.82) is 0 Å². The van der Waals surface area contributed by atoms with Crippen molar-refractivity contribution in [3.8, 4) is 0 Å². The van der Waals surface area contributed by atoms with E-state index in [-0.39, 0.29) is 11.9 Å². The summed E-state index contributed by atoms with van der Waals surface area (Å²) in [7, 11) is 0. The molecular formula is C14H22N2OS. The average Bonchev–Trinajstić information content (AvgIpc) is 2.39. The Kier molecular flexibility index (Phi) is 7.53. The molecule has 0 aliphatic rings. The number of nitrogens with two attached hydrogens (primary N) is 1. The molecule has 1 rings (SSSR count). The molecule has 0 bridgehead atoms. The van der Waals surface area contributed by atoms with E-state index in [4.69, 9.17) is 5.73 Å². The monoisotopic (exact) mass is 266 g/mol. The summed E-state index contributed by atoms with van der Waals surface area (Å²) in [4.78, 5) is 11.7. The topological polar surface area (TPSA) is 55.1 Å². The van der Waals surface area contributed by atoms with Crippen LogP contribution in [0.4, 0.5) is 0 Å². The lowest BCUT2D eigenvalue weighted by molar-refractivity contribution is -0.121. The molecule has 3 N–H and O–H groups in total. The number of amides is 1. The van der Waals surface area contributed by atoms with E-state index in [1.807, 2.05) is 42.1 Å². The van der Waals surface area contributed by atoms with Crippen LogP contribution in [-0.2, 0) is 4.79 Å². The van der Waals surface area contributed by atoms with Crippen LogP contribution in [0.5, 0.6) is 0 Å². The highest BCUT2D eigenvalue weighted by atomic mass is 32.2. The summed E-state index contributed by atoms with van der Waals surface area (Å²) in [6.45, 7) is 0.751. The molecule has 0 aliphatic carbocycles. The van der Waals surface area contributed by atoms with Crippen LogP contribution in [0.25, 0.3) is 0 Å². The molecule has 0 radical (unpaired) electrons. The minimum atomic E-state index is -0.211. The van der Waals surface area contributed by atoms with E-state index in [0.29, 0.717) is 6.42 Å². The zero-order valence-electron chi connectivity index (χ0n) is 10.9. The third-order valence-electron chi connectivity index (χ3n) is 2.73. The maximum Gasteiger partial charge on any atom is 0.221 e. The molecule has 0 fully saturated rings. The van der Waals surface area contributed by atoms with Gasteiger partial charge in [-0.05, 0) is 30.4 Å². The van der Waals surface area contributed by atoms with Crippen LogP contribution < -0.4 is 11.1 Å². The van der Waals surface area contributed by atoms with Gasteiger partial charge in [0.25, 0.3) is 0 Å². The number of thioether (sulfide) groups is 1. The second-order valence-electron chi connectivity index (χ2n) is 4.27. The Bertz CT molecular complexity index is 343. The number of hydrogen-bond acceptors (Lipinski definition) is 3. The Morgan fingerprint density at radius 1 is 1.33 bits per heavy atom. The van der Waals surface area contributed by atoms with Gasteiger partial charge in [-0.25, -0.2) is 0 Å². The van der Waals surface area contributed by atoms with Gasteiger partial charge in [-0.15, -0.1) is 0 Å². The van der Waals surface area contributed by atoms with Crippen LogP contribution in [0.15, 0.2) is 30.3 Å². The Balaban J connectivity index is 2.20. The first-order valence-electron chi connectivity index (χ1n) is 6.30. The molecule has 4 heteroatoms. The number of carbonyl (C=O) groups excluding carboxylic acids is 1. The lowest BCUT2D eigenvalue weighted by Crippen LogP contribution is -2.28. The van der Waals surface area contributed by atoms with Crippen LogP contribution in [0.2, 0.25) is 0 Å². The number of benzene rings is 1. The number of unbranched alkanes of at least 4 members (excludes halogenated alkanes) is 1. The second-order valence-corrected chi connectivity index (χ2v) is 5.26. The van der Waals surface area contributed by atoms with Crippen molar-refractivity contribution in [1.82, 2.24) is 5.32 Å². The third-order valence-corrected chi connectivity index (χ3v) is 3.43. The summed E-state index contributed by atoms with van der Waals surface area (Å²) in [6.07, 6.45) is 4.63. The van der Waals surface area contributed by atoms with E-state index in [9.17, 15) is 4.79 Å². The normalized spacial score (nSPS) is 12.1. The van der Waals surface area contributed by atoms with Gasteiger partial charge in [0.15, 0.2) is 0 Å². The standard InChI is InChI=1S/C14H22N2OS/c1-18-10-6-5-9-16-14(17)11-13(15)12-7-3-2-4-8-12/h2-4,7-8,13H,5-6,9-11,15H2,1H3,(H,16,17). The van der Waals surface area contributed by atoms with Crippen molar-refractivity contribution in [2.45, 2.75) is 25.3 Å². The molecule has 0 heterocycles. The predicted octanol–water partition coefficient (Wildman–Crippen LogP) is 2.34. The molecule has 0 aliphatic heterocycles. The summed E-state index contributed by atoms with van der Waals surface area (Å²) in [5.74, 6) is 1.19. The molecule has 3 nitrogen and oxygen atoms in total. The van der Waals surface area contributed by atoms with Gasteiger partial charge in [0, 0.05) is 19.0 Å². The number of carbonyl (C=O) groups is 1. The Labute approximate surface area is 114 Å². The smallest absolute Gasteiger partial charge is 0.221 e. The van der Waals surface area contributed by atoms with Crippen molar-refractivity contribution in [2.75, 3.05) is 18.6 Å². The summed E-state index contributed by atoms with van der Waals surface area (Å²) < 4.78 is 0. The average molecular weight is 266 g/mol. The van der Waals surface area contributed by atoms with Crippen molar-refractivity contribution in [3.63, 3.8) is 0 Å². The van der Waals surface area contributed by atoms with Crippen molar-refractivity contribution < 1.29 is 4.79 Å². The van der Waals surface area contributed by atoms with Crippen LogP contribution in [0.3, 0.4) is 0 Å². The van der Waals surface area contributed by atoms with Crippen LogP contribution >= 0.6 is 11.8 Å². The van der Waals surface area contributed by atoms with Gasteiger partial charge in [0.1, 0.15) is 0 Å². The fourth-order valence-corrected chi connectivity index (χ4v) is 2.18. The van der Waals surface area contributed by atoms with Gasteiger partial charge in [0.2, 0.25) is 5.91 Å². The summed E-state index contributed by atoms with van der Waals surface area (Å²) in [5.41, 5.74) is 6.99. The lowest BCUT2D eigenvalue weighted by atomic mass is 10.0. The first-order chi connectivity index (χ1) is 8.74. The van der Waals surface area contributed by atoms with E-state index < -0.39 is 0 Å². The predicted molar refractivity (Wildman–Crippen MR) is 78.6 cm³/mol. The molecule has 1 aromatic rings. The fourth-order valence-electron chi connectivity index (χ4n) is 1.69. The highest BCUT2D eigenvalue weighted by molar-refractivity contribution is 7.98. The molecule has 0 saturated heterocycles. The Morgan fingerprint density at radius 2 is 2.06 bits per heavy atom. The quantitative estimate of drug-likeness (QED) is 0.710. The Hall–Kier alpha value is -1.00. The van der Waals surface area contributed by atoms with E-state index in [0.717, 1.165) is 30.7 Å². The highest BCUT2D eigenvalue weighted by Gasteiger charge is 2.10. The molecule has 0 aromatic heterocycles. The molecule has 1 unspecified atom stereocenters. The maximum absolute atomic E-state index is 11.7. The fraction of sp³-hybridized carbons (Fsp3) is 0.500. The van der Waals surface area contributed by atoms with Crippen LogP contribution in [0.1, 0.15) is 30.9 Å². The third kappa shape index (κ3) is 6.07. The maximum atomic E-state index is 11.7. The highest BCUT2D eigenvalue weighted by Crippen LogP contribution is 2.12. The number of hydrogen-bond donors (Lipinski definition) is 2. The largest absolute Gasteiger partial charge is 0.356 e. The first kappa shape index (κ1) is 15.1. The molecule has 100 valence electrons. The molecule has 0 spiro atoms. The molecule has 18 heavy (non-hydrogen) atoms. The van der Waals surface area contributed by atoms with Gasteiger partial charge >= 0.3 is 0 Å². The zero-order valence-corrected chi connectivity index (χ0v) is 11.7. The van der Waals surface area contributed by atoms with Crippen LogP contribution in [0, 0.1) is 0 Å².